The molecule has 1 aliphatic rings. The summed E-state index contributed by atoms with van der Waals surface area (Å²) in [5.41, 5.74) is 1.12. The predicted molar refractivity (Wildman–Crippen MR) is 59.6 cm³/mol. The Bertz CT molecular complexity index is 261. The first-order valence-corrected chi connectivity index (χ1v) is 5.75. The first-order valence-electron chi connectivity index (χ1n) is 5.75. The summed E-state index contributed by atoms with van der Waals surface area (Å²) in [6, 6.07) is 10.2. The molecule has 1 fully saturated rings. The van der Waals surface area contributed by atoms with Crippen LogP contribution in [0.1, 0.15) is 37.5 Å². The van der Waals surface area contributed by atoms with Crippen molar-refractivity contribution < 1.29 is 9.47 Å². The van der Waals surface area contributed by atoms with Crippen molar-refractivity contribution in [1.82, 2.24) is 0 Å². The average Bonchev–Trinajstić information content (AvgIpc) is 2.43. The van der Waals surface area contributed by atoms with E-state index < -0.39 is 0 Å². The first-order chi connectivity index (χ1) is 7.47. The van der Waals surface area contributed by atoms with Crippen LogP contribution in [0.4, 0.5) is 0 Å². The van der Waals surface area contributed by atoms with E-state index in [2.05, 4.69) is 12.1 Å². The largest absolute Gasteiger partial charge is 0.348 e. The molecule has 0 saturated carbocycles. The van der Waals surface area contributed by atoms with Gasteiger partial charge >= 0.3 is 0 Å². The molecule has 1 heterocycles. The van der Waals surface area contributed by atoms with Gasteiger partial charge in [-0.15, -0.1) is 0 Å². The van der Waals surface area contributed by atoms with E-state index in [9.17, 15) is 0 Å². The maximum absolute atomic E-state index is 5.73. The van der Waals surface area contributed by atoms with Gasteiger partial charge in [0.1, 0.15) is 0 Å². The molecule has 1 saturated heterocycles. The second-order valence-corrected chi connectivity index (χ2v) is 3.90. The third kappa shape index (κ3) is 3.33. The molecular weight excluding hydrogens is 188 g/mol. The molecule has 0 amide bonds. The predicted octanol–water partition coefficient (Wildman–Crippen LogP) is 3.29. The number of ether oxygens (including phenoxy) is 2. The first kappa shape index (κ1) is 10.7. The molecule has 2 nitrogen and oxygen atoms in total. The van der Waals surface area contributed by atoms with E-state index in [1.165, 1.54) is 12.8 Å². The fraction of sp³-hybridized carbons (Fsp3) is 0.538. The van der Waals surface area contributed by atoms with Gasteiger partial charge in [0.15, 0.2) is 6.29 Å². The lowest BCUT2D eigenvalue weighted by Gasteiger charge is -2.17. The van der Waals surface area contributed by atoms with Gasteiger partial charge in [0.05, 0.1) is 13.2 Å². The van der Waals surface area contributed by atoms with E-state index in [0.717, 1.165) is 31.6 Å². The number of benzene rings is 1. The van der Waals surface area contributed by atoms with Gasteiger partial charge in [-0.25, -0.2) is 0 Å². The fourth-order valence-electron chi connectivity index (χ4n) is 1.79. The monoisotopic (exact) mass is 206 g/mol. The third-order valence-corrected chi connectivity index (χ3v) is 2.65. The standard InChI is InChI=1S/C13H18O2/c1-2-7-11-15-13(14-10-6-1)12-8-4-3-5-9-12/h3-5,8-9,13H,1-2,6-7,10-11H2. The lowest BCUT2D eigenvalue weighted by atomic mass is 10.2. The Labute approximate surface area is 91.2 Å². The van der Waals surface area contributed by atoms with Gasteiger partial charge in [-0.3, -0.25) is 0 Å². The topological polar surface area (TPSA) is 18.5 Å². The molecule has 0 bridgehead atoms. The molecule has 2 heteroatoms. The molecule has 0 radical (unpaired) electrons. The molecule has 0 spiro atoms. The molecule has 2 rings (SSSR count). The Kier molecular flexibility index (Phi) is 4.18. The molecule has 82 valence electrons. The van der Waals surface area contributed by atoms with Crippen molar-refractivity contribution >= 4 is 0 Å². The summed E-state index contributed by atoms with van der Waals surface area (Å²) in [5.74, 6) is 0. The highest BCUT2D eigenvalue weighted by molar-refractivity contribution is 5.15. The van der Waals surface area contributed by atoms with Gasteiger partial charge in [-0.1, -0.05) is 43.2 Å². The summed E-state index contributed by atoms with van der Waals surface area (Å²) in [4.78, 5) is 0. The Balaban J connectivity index is 1.99. The van der Waals surface area contributed by atoms with Crippen LogP contribution in [0.3, 0.4) is 0 Å². The maximum Gasteiger partial charge on any atom is 0.183 e. The van der Waals surface area contributed by atoms with E-state index in [1.54, 1.807) is 0 Å². The summed E-state index contributed by atoms with van der Waals surface area (Å²) in [7, 11) is 0. The number of rotatable bonds is 1. The van der Waals surface area contributed by atoms with E-state index >= 15 is 0 Å². The molecule has 0 atom stereocenters. The van der Waals surface area contributed by atoms with E-state index in [1.807, 2.05) is 18.2 Å². The van der Waals surface area contributed by atoms with Gasteiger partial charge in [-0.2, -0.15) is 0 Å². The summed E-state index contributed by atoms with van der Waals surface area (Å²) < 4.78 is 11.5. The highest BCUT2D eigenvalue weighted by Crippen LogP contribution is 2.21. The van der Waals surface area contributed by atoms with Crippen molar-refractivity contribution in [3.63, 3.8) is 0 Å². The van der Waals surface area contributed by atoms with Crippen LogP contribution in [-0.4, -0.2) is 13.2 Å². The van der Waals surface area contributed by atoms with Crippen LogP contribution in [-0.2, 0) is 9.47 Å². The van der Waals surface area contributed by atoms with E-state index in [4.69, 9.17) is 9.47 Å². The molecule has 1 aromatic rings. The second kappa shape index (κ2) is 5.89. The van der Waals surface area contributed by atoms with Gasteiger partial charge in [0.25, 0.3) is 0 Å². The highest BCUT2D eigenvalue weighted by Gasteiger charge is 2.12. The van der Waals surface area contributed by atoms with Gasteiger partial charge in [-0.05, 0) is 12.8 Å². The minimum atomic E-state index is -0.163. The zero-order valence-electron chi connectivity index (χ0n) is 9.02. The fourth-order valence-corrected chi connectivity index (χ4v) is 1.79. The average molecular weight is 206 g/mol. The maximum atomic E-state index is 5.73. The Morgan fingerprint density at radius 2 is 1.40 bits per heavy atom. The summed E-state index contributed by atoms with van der Waals surface area (Å²) in [5, 5.41) is 0. The van der Waals surface area contributed by atoms with Crippen LogP contribution in [0.2, 0.25) is 0 Å². The molecule has 0 aliphatic carbocycles. The van der Waals surface area contributed by atoms with Crippen molar-refractivity contribution in [2.75, 3.05) is 13.2 Å². The van der Waals surface area contributed by atoms with Crippen LogP contribution in [0.15, 0.2) is 30.3 Å². The Morgan fingerprint density at radius 1 is 0.800 bits per heavy atom. The molecule has 0 N–H and O–H groups in total. The van der Waals surface area contributed by atoms with Crippen molar-refractivity contribution in [3.05, 3.63) is 35.9 Å². The minimum absolute atomic E-state index is 0.163. The number of hydrogen-bond donors (Lipinski definition) is 0. The zero-order chi connectivity index (χ0) is 10.3. The molecule has 1 aromatic carbocycles. The molecule has 1 aliphatic heterocycles. The minimum Gasteiger partial charge on any atom is -0.348 e. The zero-order valence-corrected chi connectivity index (χ0v) is 9.02. The lowest BCUT2D eigenvalue weighted by Crippen LogP contribution is -2.09. The second-order valence-electron chi connectivity index (χ2n) is 3.90. The van der Waals surface area contributed by atoms with Crippen molar-refractivity contribution in [3.8, 4) is 0 Å². The van der Waals surface area contributed by atoms with Crippen LogP contribution in [0.5, 0.6) is 0 Å². The van der Waals surface area contributed by atoms with Gasteiger partial charge in [0.2, 0.25) is 0 Å². The van der Waals surface area contributed by atoms with Crippen molar-refractivity contribution in [1.29, 1.82) is 0 Å². The number of hydrogen-bond acceptors (Lipinski definition) is 2. The van der Waals surface area contributed by atoms with Gasteiger partial charge < -0.3 is 9.47 Å². The molecule has 0 unspecified atom stereocenters. The van der Waals surface area contributed by atoms with Crippen LogP contribution in [0, 0.1) is 0 Å². The normalized spacial score (nSPS) is 20.3. The summed E-state index contributed by atoms with van der Waals surface area (Å²) in [6.07, 6.45) is 4.64. The SMILES string of the molecule is c1ccc(C2OCCCCCCO2)cc1. The van der Waals surface area contributed by atoms with E-state index in [-0.39, 0.29) is 6.29 Å². The van der Waals surface area contributed by atoms with Crippen LogP contribution < -0.4 is 0 Å². The molecule has 15 heavy (non-hydrogen) atoms. The smallest absolute Gasteiger partial charge is 0.183 e. The Morgan fingerprint density at radius 3 is 2.00 bits per heavy atom. The van der Waals surface area contributed by atoms with E-state index in [0.29, 0.717) is 0 Å². The van der Waals surface area contributed by atoms with Crippen LogP contribution in [0.25, 0.3) is 0 Å². The molecule has 0 aromatic heterocycles. The highest BCUT2D eigenvalue weighted by atomic mass is 16.7. The van der Waals surface area contributed by atoms with Crippen molar-refractivity contribution in [2.24, 2.45) is 0 Å². The molecular formula is C13H18O2. The lowest BCUT2D eigenvalue weighted by molar-refractivity contribution is -0.144. The van der Waals surface area contributed by atoms with Crippen LogP contribution >= 0.6 is 0 Å². The third-order valence-electron chi connectivity index (χ3n) is 2.65. The summed E-state index contributed by atoms with van der Waals surface area (Å²) >= 11 is 0. The Hall–Kier alpha value is -0.860. The van der Waals surface area contributed by atoms with Crippen molar-refractivity contribution in [2.45, 2.75) is 32.0 Å². The summed E-state index contributed by atoms with van der Waals surface area (Å²) in [6.45, 7) is 1.61. The van der Waals surface area contributed by atoms with Gasteiger partial charge in [0, 0.05) is 5.56 Å². The quantitative estimate of drug-likeness (QED) is 0.702.